The Morgan fingerprint density at radius 2 is 2.03 bits per heavy atom. The van der Waals surface area contributed by atoms with Gasteiger partial charge in [-0.3, -0.25) is 19.1 Å². The molecular weight excluding hydrogens is 364 g/mol. The molecule has 1 aliphatic heterocycles. The van der Waals surface area contributed by atoms with Gasteiger partial charge in [-0.05, 0) is 49.2 Å². The molecule has 5 rings (SSSR count). The maximum Gasteiger partial charge on any atom is 0.258 e. The van der Waals surface area contributed by atoms with E-state index >= 15 is 0 Å². The van der Waals surface area contributed by atoms with E-state index in [4.69, 9.17) is 0 Å². The summed E-state index contributed by atoms with van der Waals surface area (Å²) in [7, 11) is 0. The van der Waals surface area contributed by atoms with Crippen LogP contribution in [0.15, 0.2) is 53.7 Å². The zero-order valence-corrected chi connectivity index (χ0v) is 16.5. The van der Waals surface area contributed by atoms with Crippen LogP contribution < -0.4 is 5.56 Å². The lowest BCUT2D eigenvalue weighted by Gasteiger charge is -2.25. The molecule has 0 radical (unpaired) electrons. The van der Waals surface area contributed by atoms with Crippen LogP contribution in [-0.4, -0.2) is 48.5 Å². The summed E-state index contributed by atoms with van der Waals surface area (Å²) in [4.78, 5) is 24.2. The summed E-state index contributed by atoms with van der Waals surface area (Å²) in [6.07, 6.45) is 8.78. The van der Waals surface area contributed by atoms with Crippen molar-refractivity contribution in [1.82, 2.24) is 28.9 Å². The number of rotatable bonds is 3. The number of hydrogen-bond acceptors (Lipinski definition) is 5. The lowest BCUT2D eigenvalue weighted by molar-refractivity contribution is 0.318. The number of nitrogens with zero attached hydrogens (tertiary/aromatic N) is 6. The van der Waals surface area contributed by atoms with Gasteiger partial charge in [-0.15, -0.1) is 0 Å². The zero-order valence-electron chi connectivity index (χ0n) is 16.5. The highest BCUT2D eigenvalue weighted by Crippen LogP contribution is 2.23. The van der Waals surface area contributed by atoms with E-state index in [0.29, 0.717) is 17.0 Å². The molecule has 0 saturated carbocycles. The summed E-state index contributed by atoms with van der Waals surface area (Å²) in [5.74, 6) is 0. The van der Waals surface area contributed by atoms with Gasteiger partial charge in [0.05, 0.1) is 29.3 Å². The molecule has 5 heterocycles. The van der Waals surface area contributed by atoms with E-state index in [0.717, 1.165) is 42.8 Å². The van der Waals surface area contributed by atoms with Crippen molar-refractivity contribution in [3.63, 3.8) is 0 Å². The monoisotopic (exact) mass is 386 g/mol. The first-order chi connectivity index (χ1) is 14.1. The van der Waals surface area contributed by atoms with Crippen molar-refractivity contribution in [2.75, 3.05) is 19.6 Å². The van der Waals surface area contributed by atoms with E-state index in [1.165, 1.54) is 5.57 Å². The molecule has 0 fully saturated rings. The fourth-order valence-corrected chi connectivity index (χ4v) is 3.80. The Balaban J connectivity index is 1.55. The number of aryl methyl sites for hydroxylation is 1. The molecular formula is C22H22N6O. The van der Waals surface area contributed by atoms with Crippen molar-refractivity contribution in [1.29, 1.82) is 0 Å². The van der Waals surface area contributed by atoms with Crippen molar-refractivity contribution < 1.29 is 0 Å². The zero-order chi connectivity index (χ0) is 20.0. The molecule has 0 aliphatic carbocycles. The van der Waals surface area contributed by atoms with Crippen molar-refractivity contribution in [3.8, 4) is 11.4 Å². The third-order valence-electron chi connectivity index (χ3n) is 5.51. The first-order valence-corrected chi connectivity index (χ1v) is 9.88. The fourth-order valence-electron chi connectivity index (χ4n) is 3.80. The Labute approximate surface area is 168 Å². The summed E-state index contributed by atoms with van der Waals surface area (Å²) >= 11 is 0. The smallest absolute Gasteiger partial charge is 0.258 e. The van der Waals surface area contributed by atoms with Crippen LogP contribution in [0.25, 0.3) is 28.1 Å². The molecule has 1 aliphatic rings. The summed E-state index contributed by atoms with van der Waals surface area (Å²) in [5, 5.41) is 4.55. The van der Waals surface area contributed by atoms with Crippen LogP contribution in [0.5, 0.6) is 0 Å². The lowest BCUT2D eigenvalue weighted by atomic mass is 10.0. The standard InChI is InChI=1S/C22H22N6O/c1-3-26-8-6-16(7-9-26)17-4-5-21-24-19(11-22(29)27(21)14-17)20-10-18-12-23-15(2)13-28(18)25-20/h4-6,10-14H,3,7-9H2,1-2H3. The van der Waals surface area contributed by atoms with Gasteiger partial charge in [-0.2, -0.15) is 5.10 Å². The summed E-state index contributed by atoms with van der Waals surface area (Å²) < 4.78 is 3.38. The minimum atomic E-state index is -0.107. The van der Waals surface area contributed by atoms with Gasteiger partial charge in [0.15, 0.2) is 0 Å². The first kappa shape index (κ1) is 17.8. The Kier molecular flexibility index (Phi) is 4.24. The van der Waals surface area contributed by atoms with Crippen LogP contribution in [0.4, 0.5) is 0 Å². The van der Waals surface area contributed by atoms with Crippen molar-refractivity contribution in [3.05, 3.63) is 70.5 Å². The number of pyridine rings is 1. The number of likely N-dealkylation sites (N-methyl/N-ethyl adjacent to an activating group) is 1. The molecule has 4 aromatic heterocycles. The van der Waals surface area contributed by atoms with Crippen LogP contribution in [0.3, 0.4) is 0 Å². The van der Waals surface area contributed by atoms with Crippen molar-refractivity contribution in [2.45, 2.75) is 20.3 Å². The Bertz CT molecular complexity index is 1320. The molecule has 0 amide bonds. The second-order valence-corrected chi connectivity index (χ2v) is 7.43. The Morgan fingerprint density at radius 1 is 1.14 bits per heavy atom. The first-order valence-electron chi connectivity index (χ1n) is 9.88. The highest BCUT2D eigenvalue weighted by Gasteiger charge is 2.14. The molecule has 0 saturated heterocycles. The SMILES string of the molecule is CCN1CC=C(c2ccc3nc(-c4cc5cnc(C)cn5n4)cc(=O)n3c2)CC1. The minimum Gasteiger partial charge on any atom is -0.300 e. The second kappa shape index (κ2) is 6.93. The van der Waals surface area contributed by atoms with Gasteiger partial charge in [0.25, 0.3) is 5.56 Å². The number of fused-ring (bicyclic) bond motifs is 2. The highest BCUT2D eigenvalue weighted by molar-refractivity contribution is 5.68. The van der Waals surface area contributed by atoms with Crippen LogP contribution in [0.1, 0.15) is 24.6 Å². The quantitative estimate of drug-likeness (QED) is 0.542. The number of hydrogen-bond donors (Lipinski definition) is 0. The molecule has 0 unspecified atom stereocenters. The van der Waals surface area contributed by atoms with Crippen molar-refractivity contribution >= 4 is 16.7 Å². The number of aromatic nitrogens is 5. The van der Waals surface area contributed by atoms with Gasteiger partial charge < -0.3 is 0 Å². The van der Waals surface area contributed by atoms with Gasteiger partial charge in [0.1, 0.15) is 11.3 Å². The highest BCUT2D eigenvalue weighted by atomic mass is 16.1. The molecule has 146 valence electrons. The fraction of sp³-hybridized carbons (Fsp3) is 0.273. The van der Waals surface area contributed by atoms with E-state index < -0.39 is 0 Å². The normalized spacial score (nSPS) is 15.2. The molecule has 4 aromatic rings. The Hall–Kier alpha value is -3.32. The summed E-state index contributed by atoms with van der Waals surface area (Å²) in [6.45, 7) is 7.16. The summed E-state index contributed by atoms with van der Waals surface area (Å²) in [6, 6.07) is 7.41. The maximum atomic E-state index is 12.8. The molecule has 0 bridgehead atoms. The molecule has 0 aromatic carbocycles. The van der Waals surface area contributed by atoms with Gasteiger partial charge in [0.2, 0.25) is 0 Å². The molecule has 7 nitrogen and oxygen atoms in total. The maximum absolute atomic E-state index is 12.8. The predicted molar refractivity (Wildman–Crippen MR) is 113 cm³/mol. The van der Waals surface area contributed by atoms with E-state index in [2.05, 4.69) is 39.0 Å². The van der Waals surface area contributed by atoms with Crippen LogP contribution >= 0.6 is 0 Å². The minimum absolute atomic E-state index is 0.107. The van der Waals surface area contributed by atoms with Gasteiger partial charge in [0, 0.05) is 25.4 Å². The van der Waals surface area contributed by atoms with Crippen LogP contribution in [0.2, 0.25) is 0 Å². The third-order valence-corrected chi connectivity index (χ3v) is 5.51. The average molecular weight is 386 g/mol. The van der Waals surface area contributed by atoms with Crippen LogP contribution in [-0.2, 0) is 0 Å². The summed E-state index contributed by atoms with van der Waals surface area (Å²) in [5.41, 5.74) is 5.86. The second-order valence-electron chi connectivity index (χ2n) is 7.43. The average Bonchev–Trinajstić information content (AvgIpc) is 3.17. The topological polar surface area (TPSA) is 67.8 Å². The molecule has 7 heteroatoms. The van der Waals surface area contributed by atoms with Crippen molar-refractivity contribution in [2.24, 2.45) is 0 Å². The molecule has 29 heavy (non-hydrogen) atoms. The largest absolute Gasteiger partial charge is 0.300 e. The van der Waals surface area contributed by atoms with Gasteiger partial charge >= 0.3 is 0 Å². The van der Waals surface area contributed by atoms with Gasteiger partial charge in [-0.1, -0.05) is 13.0 Å². The van der Waals surface area contributed by atoms with E-state index in [9.17, 15) is 4.79 Å². The lowest BCUT2D eigenvalue weighted by Crippen LogP contribution is -2.28. The molecule has 0 N–H and O–H groups in total. The molecule has 0 atom stereocenters. The van der Waals surface area contributed by atoms with E-state index in [1.54, 1.807) is 21.2 Å². The predicted octanol–water partition coefficient (Wildman–Crippen LogP) is 2.82. The molecule has 0 spiro atoms. The Morgan fingerprint density at radius 3 is 2.83 bits per heavy atom. The van der Waals surface area contributed by atoms with Crippen LogP contribution in [0, 0.1) is 6.92 Å². The third kappa shape index (κ3) is 3.23. The van der Waals surface area contributed by atoms with E-state index in [-0.39, 0.29) is 5.56 Å². The van der Waals surface area contributed by atoms with E-state index in [1.807, 2.05) is 31.5 Å². The van der Waals surface area contributed by atoms with Gasteiger partial charge in [-0.25, -0.2) is 9.50 Å².